The summed E-state index contributed by atoms with van der Waals surface area (Å²) in [7, 11) is 0. The molecule has 0 radical (unpaired) electrons. The highest BCUT2D eigenvalue weighted by molar-refractivity contribution is 5.89. The van der Waals surface area contributed by atoms with Gasteiger partial charge in [0.15, 0.2) is 0 Å². The fourth-order valence-electron chi connectivity index (χ4n) is 1.08. The van der Waals surface area contributed by atoms with Gasteiger partial charge < -0.3 is 16.4 Å². The summed E-state index contributed by atoms with van der Waals surface area (Å²) in [5.74, 6) is 1.63. The van der Waals surface area contributed by atoms with Gasteiger partial charge in [0.25, 0.3) is 0 Å². The highest BCUT2D eigenvalue weighted by Gasteiger charge is 2.22. The van der Waals surface area contributed by atoms with Crippen molar-refractivity contribution in [2.24, 2.45) is 5.73 Å². The smallest absolute Gasteiger partial charge is 0.242 e. The zero-order valence-electron chi connectivity index (χ0n) is 10.8. The normalized spacial score (nSPS) is 14.4. The Hall–Kier alpha value is -1.54. The van der Waals surface area contributed by atoms with Crippen LogP contribution in [0.5, 0.6) is 0 Å². The molecule has 0 spiro atoms. The third kappa shape index (κ3) is 6.59. The van der Waals surface area contributed by atoms with Crippen molar-refractivity contribution < 1.29 is 9.59 Å². The maximum Gasteiger partial charge on any atom is 0.242 e. The van der Waals surface area contributed by atoms with Crippen molar-refractivity contribution in [2.75, 3.05) is 0 Å². The summed E-state index contributed by atoms with van der Waals surface area (Å²) in [6.07, 6.45) is 5.20. The molecule has 5 nitrogen and oxygen atoms in total. The van der Waals surface area contributed by atoms with Crippen LogP contribution in [0.3, 0.4) is 0 Å². The number of hydrogen-bond acceptors (Lipinski definition) is 3. The Balaban J connectivity index is 4.27. The maximum absolute atomic E-state index is 11.7. The largest absolute Gasteiger partial charge is 0.350 e. The second-order valence-electron chi connectivity index (χ2n) is 4.98. The van der Waals surface area contributed by atoms with Gasteiger partial charge in [0.05, 0.1) is 6.04 Å². The molecule has 17 heavy (non-hydrogen) atoms. The van der Waals surface area contributed by atoms with E-state index >= 15 is 0 Å². The Kier molecular flexibility index (Phi) is 5.69. The predicted octanol–water partition coefficient (Wildman–Crippen LogP) is -0.244. The van der Waals surface area contributed by atoms with Crippen LogP contribution in [-0.4, -0.2) is 29.4 Å². The van der Waals surface area contributed by atoms with Crippen molar-refractivity contribution in [1.82, 2.24) is 10.6 Å². The van der Waals surface area contributed by atoms with Gasteiger partial charge in [-0.15, -0.1) is 12.3 Å². The molecular weight excluding hydrogens is 218 g/mol. The van der Waals surface area contributed by atoms with Crippen LogP contribution in [0.4, 0.5) is 0 Å². The van der Waals surface area contributed by atoms with Gasteiger partial charge in [-0.05, 0) is 27.7 Å². The van der Waals surface area contributed by atoms with E-state index in [0.29, 0.717) is 0 Å². The average Bonchev–Trinajstić information content (AvgIpc) is 2.15. The van der Waals surface area contributed by atoms with E-state index < -0.39 is 18.0 Å². The number of amides is 2. The molecule has 0 aliphatic heterocycles. The van der Waals surface area contributed by atoms with E-state index in [9.17, 15) is 9.59 Å². The van der Waals surface area contributed by atoms with Crippen molar-refractivity contribution in [3.05, 3.63) is 0 Å². The molecule has 0 aromatic carbocycles. The number of hydrogen-bond donors (Lipinski definition) is 3. The van der Waals surface area contributed by atoms with E-state index in [1.807, 2.05) is 20.8 Å². The Labute approximate surface area is 103 Å². The second kappa shape index (κ2) is 6.26. The lowest BCUT2D eigenvalue weighted by Gasteiger charge is -2.24. The molecule has 2 unspecified atom stereocenters. The van der Waals surface area contributed by atoms with Crippen LogP contribution >= 0.6 is 0 Å². The van der Waals surface area contributed by atoms with Gasteiger partial charge in [0, 0.05) is 12.0 Å². The third-order valence-electron chi connectivity index (χ3n) is 1.92. The van der Waals surface area contributed by atoms with Crippen molar-refractivity contribution in [1.29, 1.82) is 0 Å². The van der Waals surface area contributed by atoms with E-state index in [0.717, 1.165) is 0 Å². The molecule has 5 heteroatoms. The predicted molar refractivity (Wildman–Crippen MR) is 66.9 cm³/mol. The zero-order chi connectivity index (χ0) is 13.6. The van der Waals surface area contributed by atoms with Crippen molar-refractivity contribution in [3.63, 3.8) is 0 Å². The van der Waals surface area contributed by atoms with E-state index in [1.54, 1.807) is 6.92 Å². The molecule has 0 heterocycles. The molecule has 0 saturated carbocycles. The van der Waals surface area contributed by atoms with E-state index in [4.69, 9.17) is 12.2 Å². The summed E-state index contributed by atoms with van der Waals surface area (Å²) in [4.78, 5) is 23.2. The van der Waals surface area contributed by atoms with E-state index in [2.05, 4.69) is 16.6 Å². The molecule has 2 amide bonds. The van der Waals surface area contributed by atoms with Crippen molar-refractivity contribution >= 4 is 11.8 Å². The van der Waals surface area contributed by atoms with E-state index in [1.165, 1.54) is 0 Å². The molecule has 2 atom stereocenters. The van der Waals surface area contributed by atoms with Crippen LogP contribution in [0.25, 0.3) is 0 Å². The maximum atomic E-state index is 11.7. The van der Waals surface area contributed by atoms with Gasteiger partial charge in [-0.1, -0.05) is 0 Å². The number of terminal acetylenes is 1. The number of nitrogens with one attached hydrogen (secondary N) is 2. The van der Waals surface area contributed by atoms with Gasteiger partial charge in [-0.3, -0.25) is 9.59 Å². The highest BCUT2D eigenvalue weighted by atomic mass is 16.2. The van der Waals surface area contributed by atoms with Crippen LogP contribution in [0.2, 0.25) is 0 Å². The topological polar surface area (TPSA) is 84.2 Å². The quantitative estimate of drug-likeness (QED) is 0.592. The monoisotopic (exact) mass is 239 g/mol. The lowest BCUT2D eigenvalue weighted by atomic mass is 10.1. The van der Waals surface area contributed by atoms with Gasteiger partial charge in [0.1, 0.15) is 6.04 Å². The molecule has 0 aliphatic carbocycles. The first-order chi connectivity index (χ1) is 7.67. The molecule has 0 bridgehead atoms. The minimum Gasteiger partial charge on any atom is -0.350 e. The average molecular weight is 239 g/mol. The highest BCUT2D eigenvalue weighted by Crippen LogP contribution is 1.99. The number of nitrogens with two attached hydrogens (primary N) is 1. The standard InChI is InChI=1S/C12H21N3O2/c1-6-7-9(13)11(17)14-8(2)10(16)15-12(3,4)5/h1,8-9H,7,13H2,2-5H3,(H,14,17)(H,15,16). The summed E-state index contributed by atoms with van der Waals surface area (Å²) in [6.45, 7) is 7.19. The first kappa shape index (κ1) is 15.5. The first-order valence-corrected chi connectivity index (χ1v) is 5.49. The fourth-order valence-corrected chi connectivity index (χ4v) is 1.08. The Morgan fingerprint density at radius 3 is 2.29 bits per heavy atom. The lowest BCUT2D eigenvalue weighted by Crippen LogP contribution is -2.53. The molecule has 4 N–H and O–H groups in total. The van der Waals surface area contributed by atoms with Crippen LogP contribution in [-0.2, 0) is 9.59 Å². The number of carbonyl (C=O) groups is 2. The SMILES string of the molecule is C#CCC(N)C(=O)NC(C)C(=O)NC(C)(C)C. The summed E-state index contributed by atoms with van der Waals surface area (Å²) >= 11 is 0. The molecular formula is C12H21N3O2. The van der Waals surface area contributed by atoms with Crippen LogP contribution in [0, 0.1) is 12.3 Å². The number of carbonyl (C=O) groups excluding carboxylic acids is 2. The third-order valence-corrected chi connectivity index (χ3v) is 1.92. The molecule has 96 valence electrons. The van der Waals surface area contributed by atoms with Crippen molar-refractivity contribution in [2.45, 2.75) is 51.7 Å². The minimum absolute atomic E-state index is 0.152. The Morgan fingerprint density at radius 1 is 1.35 bits per heavy atom. The molecule has 0 aliphatic rings. The van der Waals surface area contributed by atoms with Gasteiger partial charge in [-0.2, -0.15) is 0 Å². The number of rotatable bonds is 4. The minimum atomic E-state index is -0.773. The Bertz CT molecular complexity index is 326. The fraction of sp³-hybridized carbons (Fsp3) is 0.667. The van der Waals surface area contributed by atoms with Crippen LogP contribution < -0.4 is 16.4 Å². The molecule has 0 saturated heterocycles. The molecule has 0 aromatic heterocycles. The van der Waals surface area contributed by atoms with Gasteiger partial charge >= 0.3 is 0 Å². The summed E-state index contributed by atoms with van der Waals surface area (Å²) in [5, 5.41) is 5.28. The molecule has 0 fully saturated rings. The summed E-state index contributed by atoms with van der Waals surface area (Å²) in [6, 6.07) is -1.41. The van der Waals surface area contributed by atoms with Gasteiger partial charge in [0.2, 0.25) is 11.8 Å². The second-order valence-corrected chi connectivity index (χ2v) is 4.98. The summed E-state index contributed by atoms with van der Waals surface area (Å²) < 4.78 is 0. The van der Waals surface area contributed by atoms with E-state index in [-0.39, 0.29) is 17.9 Å². The van der Waals surface area contributed by atoms with Crippen LogP contribution in [0.1, 0.15) is 34.1 Å². The van der Waals surface area contributed by atoms with Crippen LogP contribution in [0.15, 0.2) is 0 Å². The first-order valence-electron chi connectivity index (χ1n) is 5.49. The van der Waals surface area contributed by atoms with Crippen molar-refractivity contribution in [3.8, 4) is 12.3 Å². The Morgan fingerprint density at radius 2 is 1.88 bits per heavy atom. The lowest BCUT2D eigenvalue weighted by molar-refractivity contribution is -0.130. The zero-order valence-corrected chi connectivity index (χ0v) is 10.8. The molecule has 0 rings (SSSR count). The molecule has 0 aromatic rings. The van der Waals surface area contributed by atoms with Gasteiger partial charge in [-0.25, -0.2) is 0 Å². The summed E-state index contributed by atoms with van der Waals surface area (Å²) in [5.41, 5.74) is 5.18.